The van der Waals surface area contributed by atoms with Crippen LogP contribution in [0.15, 0.2) is 24.3 Å². The Kier molecular flexibility index (Phi) is 2.97. The van der Waals surface area contributed by atoms with Gasteiger partial charge in [-0.3, -0.25) is 10.1 Å². The zero-order chi connectivity index (χ0) is 10.7. The van der Waals surface area contributed by atoms with Crippen LogP contribution in [0.5, 0.6) is 0 Å². The number of nitrogens with one attached hydrogen (secondary N) is 1. The van der Waals surface area contributed by atoms with Crippen LogP contribution in [-0.4, -0.2) is 11.5 Å². The van der Waals surface area contributed by atoms with Crippen molar-refractivity contribution in [2.24, 2.45) is 0 Å². The summed E-state index contributed by atoms with van der Waals surface area (Å²) in [6.45, 7) is 1.04. The predicted molar refractivity (Wildman–Crippen MR) is 57.7 cm³/mol. The van der Waals surface area contributed by atoms with Gasteiger partial charge < -0.3 is 5.32 Å². The van der Waals surface area contributed by atoms with Gasteiger partial charge in [0.15, 0.2) is 0 Å². The van der Waals surface area contributed by atoms with Gasteiger partial charge in [0, 0.05) is 18.2 Å². The van der Waals surface area contributed by atoms with Crippen molar-refractivity contribution in [3.63, 3.8) is 0 Å². The van der Waals surface area contributed by atoms with Gasteiger partial charge in [0.25, 0.3) is 5.69 Å². The monoisotopic (exact) mass is 206 g/mol. The number of rotatable bonds is 2. The second-order valence-electron chi connectivity index (χ2n) is 3.85. The third kappa shape index (κ3) is 2.33. The van der Waals surface area contributed by atoms with Gasteiger partial charge in [-0.1, -0.05) is 18.6 Å². The van der Waals surface area contributed by atoms with E-state index in [1.807, 2.05) is 12.1 Å². The van der Waals surface area contributed by atoms with E-state index in [0.717, 1.165) is 18.5 Å². The van der Waals surface area contributed by atoms with Gasteiger partial charge in [-0.2, -0.15) is 0 Å². The molecule has 1 fully saturated rings. The Bertz CT molecular complexity index is 342. The quantitative estimate of drug-likeness (QED) is 0.597. The van der Waals surface area contributed by atoms with Crippen LogP contribution in [0.1, 0.15) is 30.9 Å². The largest absolute Gasteiger partial charge is 0.310 e. The van der Waals surface area contributed by atoms with Gasteiger partial charge in [0.05, 0.1) is 4.92 Å². The molecular weight excluding hydrogens is 192 g/mol. The van der Waals surface area contributed by atoms with E-state index < -0.39 is 0 Å². The van der Waals surface area contributed by atoms with Gasteiger partial charge in [0.1, 0.15) is 0 Å². The topological polar surface area (TPSA) is 55.2 Å². The normalized spacial score (nSPS) is 21.2. The minimum absolute atomic E-state index is 0.162. The van der Waals surface area contributed by atoms with Crippen molar-refractivity contribution in [2.75, 3.05) is 6.54 Å². The van der Waals surface area contributed by atoms with Crippen molar-refractivity contribution in [3.8, 4) is 0 Å². The zero-order valence-electron chi connectivity index (χ0n) is 8.48. The molecular formula is C11H14N2O2. The fraction of sp³-hybridized carbons (Fsp3) is 0.455. The Balaban J connectivity index is 2.11. The van der Waals surface area contributed by atoms with E-state index in [4.69, 9.17) is 0 Å². The van der Waals surface area contributed by atoms with E-state index >= 15 is 0 Å². The van der Waals surface area contributed by atoms with E-state index in [2.05, 4.69) is 5.32 Å². The highest BCUT2D eigenvalue weighted by molar-refractivity contribution is 5.34. The van der Waals surface area contributed by atoms with E-state index in [1.54, 1.807) is 12.1 Å². The molecule has 0 bridgehead atoms. The molecule has 1 aromatic rings. The first-order chi connectivity index (χ1) is 7.27. The Morgan fingerprint density at radius 2 is 2.00 bits per heavy atom. The molecule has 1 unspecified atom stereocenters. The minimum atomic E-state index is -0.363. The molecule has 0 spiro atoms. The minimum Gasteiger partial charge on any atom is -0.310 e. The Hall–Kier alpha value is -1.42. The molecule has 1 atom stereocenters. The zero-order valence-corrected chi connectivity index (χ0v) is 8.48. The van der Waals surface area contributed by atoms with Crippen molar-refractivity contribution in [1.29, 1.82) is 0 Å². The van der Waals surface area contributed by atoms with E-state index in [9.17, 15) is 10.1 Å². The first kappa shape index (κ1) is 10.1. The summed E-state index contributed by atoms with van der Waals surface area (Å²) in [5, 5.41) is 13.9. The Morgan fingerprint density at radius 1 is 1.27 bits per heavy atom. The molecule has 2 rings (SSSR count). The number of piperidine rings is 1. The third-order valence-electron chi connectivity index (χ3n) is 2.82. The second kappa shape index (κ2) is 4.40. The molecule has 80 valence electrons. The van der Waals surface area contributed by atoms with Gasteiger partial charge in [0.2, 0.25) is 0 Å². The highest BCUT2D eigenvalue weighted by Gasteiger charge is 2.15. The van der Waals surface area contributed by atoms with Crippen LogP contribution in [0.4, 0.5) is 5.69 Å². The van der Waals surface area contributed by atoms with Gasteiger partial charge >= 0.3 is 0 Å². The molecule has 15 heavy (non-hydrogen) atoms. The number of hydrogen-bond donors (Lipinski definition) is 1. The molecule has 0 amide bonds. The van der Waals surface area contributed by atoms with Crippen LogP contribution in [-0.2, 0) is 0 Å². The average Bonchev–Trinajstić information content (AvgIpc) is 2.30. The smallest absolute Gasteiger partial charge is 0.269 e. The Morgan fingerprint density at radius 3 is 2.53 bits per heavy atom. The predicted octanol–water partition coefficient (Wildman–Crippen LogP) is 2.41. The number of nitrogens with zero attached hydrogens (tertiary/aromatic N) is 1. The fourth-order valence-corrected chi connectivity index (χ4v) is 1.96. The molecule has 1 heterocycles. The average molecular weight is 206 g/mol. The van der Waals surface area contributed by atoms with Crippen LogP contribution in [0.25, 0.3) is 0 Å². The molecule has 0 aromatic heterocycles. The Labute approximate surface area is 88.5 Å². The number of non-ortho nitro benzene ring substituents is 1. The molecule has 0 aliphatic carbocycles. The van der Waals surface area contributed by atoms with Crippen molar-refractivity contribution < 1.29 is 4.92 Å². The lowest BCUT2D eigenvalue weighted by atomic mass is 9.97. The highest BCUT2D eigenvalue weighted by Crippen LogP contribution is 2.24. The maximum absolute atomic E-state index is 10.5. The van der Waals surface area contributed by atoms with Crippen LogP contribution >= 0.6 is 0 Å². The number of nitro benzene ring substituents is 1. The van der Waals surface area contributed by atoms with Gasteiger partial charge in [-0.05, 0) is 24.9 Å². The molecule has 1 aromatic carbocycles. The van der Waals surface area contributed by atoms with Gasteiger partial charge in [-0.25, -0.2) is 0 Å². The lowest BCUT2D eigenvalue weighted by molar-refractivity contribution is -0.384. The standard InChI is InChI=1S/C11H14N2O2/c14-13(15)10-6-4-9(5-7-10)11-3-1-2-8-12-11/h4-7,11-12H,1-3,8H2. The first-order valence-electron chi connectivity index (χ1n) is 5.25. The van der Waals surface area contributed by atoms with Crippen molar-refractivity contribution in [3.05, 3.63) is 39.9 Å². The van der Waals surface area contributed by atoms with E-state index in [1.165, 1.54) is 12.8 Å². The summed E-state index contributed by atoms with van der Waals surface area (Å²) in [4.78, 5) is 10.1. The van der Waals surface area contributed by atoms with E-state index in [-0.39, 0.29) is 10.6 Å². The lowest BCUT2D eigenvalue weighted by Gasteiger charge is -2.23. The summed E-state index contributed by atoms with van der Waals surface area (Å²) < 4.78 is 0. The SMILES string of the molecule is O=[N+]([O-])c1ccc(C2CCCCN2)cc1. The summed E-state index contributed by atoms with van der Waals surface area (Å²) in [7, 11) is 0. The molecule has 4 nitrogen and oxygen atoms in total. The first-order valence-corrected chi connectivity index (χ1v) is 5.25. The summed E-state index contributed by atoms with van der Waals surface area (Å²) in [5.41, 5.74) is 1.31. The second-order valence-corrected chi connectivity index (χ2v) is 3.85. The maximum atomic E-state index is 10.5. The van der Waals surface area contributed by atoms with Crippen LogP contribution < -0.4 is 5.32 Å². The van der Waals surface area contributed by atoms with E-state index in [0.29, 0.717) is 6.04 Å². The molecule has 0 radical (unpaired) electrons. The highest BCUT2D eigenvalue weighted by atomic mass is 16.6. The van der Waals surface area contributed by atoms with Gasteiger partial charge in [-0.15, -0.1) is 0 Å². The summed E-state index contributed by atoms with van der Waals surface area (Å²) in [6.07, 6.45) is 3.58. The van der Waals surface area contributed by atoms with Crippen molar-refractivity contribution >= 4 is 5.69 Å². The van der Waals surface area contributed by atoms with Crippen LogP contribution in [0.3, 0.4) is 0 Å². The number of benzene rings is 1. The van der Waals surface area contributed by atoms with Crippen LogP contribution in [0.2, 0.25) is 0 Å². The third-order valence-corrected chi connectivity index (χ3v) is 2.82. The number of nitro groups is 1. The molecule has 1 aliphatic heterocycles. The molecule has 1 saturated heterocycles. The summed E-state index contributed by atoms with van der Waals surface area (Å²) in [6, 6.07) is 7.22. The van der Waals surface area contributed by atoms with Crippen LogP contribution in [0, 0.1) is 10.1 Å². The fourth-order valence-electron chi connectivity index (χ4n) is 1.96. The summed E-state index contributed by atoms with van der Waals surface area (Å²) in [5.74, 6) is 0. The summed E-state index contributed by atoms with van der Waals surface area (Å²) >= 11 is 0. The lowest BCUT2D eigenvalue weighted by Crippen LogP contribution is -2.26. The van der Waals surface area contributed by atoms with Crippen molar-refractivity contribution in [2.45, 2.75) is 25.3 Å². The molecule has 1 N–H and O–H groups in total. The molecule has 4 heteroatoms. The number of hydrogen-bond acceptors (Lipinski definition) is 3. The maximum Gasteiger partial charge on any atom is 0.269 e. The molecule has 1 aliphatic rings. The molecule has 0 saturated carbocycles. The van der Waals surface area contributed by atoms with Crippen molar-refractivity contribution in [1.82, 2.24) is 5.32 Å².